The number of pyridine rings is 1. The van der Waals surface area contributed by atoms with Crippen LogP contribution < -0.4 is 10.1 Å². The molecule has 22 heavy (non-hydrogen) atoms. The predicted molar refractivity (Wildman–Crippen MR) is 84.9 cm³/mol. The Morgan fingerprint density at radius 3 is 2.82 bits per heavy atom. The van der Waals surface area contributed by atoms with E-state index in [2.05, 4.69) is 10.3 Å². The smallest absolute Gasteiger partial charge is 0.254 e. The predicted octanol–water partition coefficient (Wildman–Crippen LogP) is 3.44. The van der Waals surface area contributed by atoms with E-state index in [4.69, 9.17) is 4.74 Å². The molecule has 0 aliphatic heterocycles. The van der Waals surface area contributed by atoms with Crippen molar-refractivity contribution in [3.63, 3.8) is 0 Å². The summed E-state index contributed by atoms with van der Waals surface area (Å²) in [6.45, 7) is 1.80. The summed E-state index contributed by atoms with van der Waals surface area (Å²) in [4.78, 5) is 16.5. The molecule has 2 rings (SSSR count). The molecule has 0 fully saturated rings. The summed E-state index contributed by atoms with van der Waals surface area (Å²) in [5, 5.41) is 3.51. The van der Waals surface area contributed by atoms with Gasteiger partial charge in [0.25, 0.3) is 5.91 Å². The van der Waals surface area contributed by atoms with Gasteiger partial charge in [-0.25, -0.2) is 9.37 Å². The fraction of sp³-hybridized carbons (Fsp3) is 0.250. The highest BCUT2D eigenvalue weighted by Crippen LogP contribution is 2.23. The molecule has 6 heteroatoms. The number of rotatable bonds is 5. The minimum atomic E-state index is -0.452. The number of ether oxygens (including phenoxy) is 1. The fourth-order valence-corrected chi connectivity index (χ4v) is 2.58. The Morgan fingerprint density at radius 1 is 1.41 bits per heavy atom. The summed E-state index contributed by atoms with van der Waals surface area (Å²) < 4.78 is 18.6. The van der Waals surface area contributed by atoms with Gasteiger partial charge in [0.2, 0.25) is 0 Å². The van der Waals surface area contributed by atoms with E-state index in [1.165, 1.54) is 24.9 Å². The van der Waals surface area contributed by atoms with E-state index in [-0.39, 0.29) is 17.7 Å². The van der Waals surface area contributed by atoms with Gasteiger partial charge in [-0.2, -0.15) is 0 Å². The quantitative estimate of drug-likeness (QED) is 0.858. The lowest BCUT2D eigenvalue weighted by atomic mass is 10.1. The van der Waals surface area contributed by atoms with E-state index < -0.39 is 5.82 Å². The summed E-state index contributed by atoms with van der Waals surface area (Å²) in [6.07, 6.45) is 3.51. The molecule has 0 radical (unpaired) electrons. The van der Waals surface area contributed by atoms with Crippen LogP contribution in [0.4, 0.5) is 4.39 Å². The molecular formula is C16H17FN2O2S. The fourth-order valence-electron chi connectivity index (χ4n) is 2.04. The number of carbonyl (C=O) groups is 1. The van der Waals surface area contributed by atoms with Gasteiger partial charge in [0.15, 0.2) is 11.6 Å². The lowest BCUT2D eigenvalue weighted by Crippen LogP contribution is -2.27. The van der Waals surface area contributed by atoms with Crippen molar-refractivity contribution in [1.29, 1.82) is 0 Å². The van der Waals surface area contributed by atoms with E-state index in [0.717, 1.165) is 0 Å². The maximum Gasteiger partial charge on any atom is 0.254 e. The zero-order valence-corrected chi connectivity index (χ0v) is 13.4. The highest BCUT2D eigenvalue weighted by Gasteiger charge is 2.16. The molecule has 116 valence electrons. The second kappa shape index (κ2) is 7.26. The van der Waals surface area contributed by atoms with E-state index in [1.807, 2.05) is 6.26 Å². The summed E-state index contributed by atoms with van der Waals surface area (Å²) >= 11 is 1.41. The van der Waals surface area contributed by atoms with Crippen LogP contribution in [-0.2, 0) is 0 Å². The number of nitrogens with zero attached hydrogens (tertiary/aromatic N) is 1. The molecule has 1 aromatic carbocycles. The molecule has 2 aromatic rings. The van der Waals surface area contributed by atoms with Gasteiger partial charge in [-0.1, -0.05) is 6.07 Å². The monoisotopic (exact) mass is 320 g/mol. The van der Waals surface area contributed by atoms with Gasteiger partial charge in [-0.05, 0) is 43.0 Å². The van der Waals surface area contributed by atoms with Crippen molar-refractivity contribution < 1.29 is 13.9 Å². The summed E-state index contributed by atoms with van der Waals surface area (Å²) in [5.74, 6) is -0.507. The molecule has 1 amide bonds. The molecule has 4 nitrogen and oxygen atoms in total. The number of aromatic nitrogens is 1. The third-order valence-corrected chi connectivity index (χ3v) is 3.94. The van der Waals surface area contributed by atoms with Crippen LogP contribution in [0.1, 0.15) is 28.9 Å². The Labute approximate surface area is 133 Å². The first-order chi connectivity index (χ1) is 10.6. The maximum absolute atomic E-state index is 13.7. The van der Waals surface area contributed by atoms with Gasteiger partial charge in [0, 0.05) is 6.20 Å². The van der Waals surface area contributed by atoms with E-state index in [0.29, 0.717) is 16.2 Å². The zero-order valence-electron chi connectivity index (χ0n) is 12.6. The van der Waals surface area contributed by atoms with Crippen LogP contribution in [0.3, 0.4) is 0 Å². The third-order valence-electron chi connectivity index (χ3n) is 3.23. The SMILES string of the molecule is COc1ccc(C(C)NC(=O)c2cccnc2SC)cc1F. The largest absolute Gasteiger partial charge is 0.494 e. The second-order valence-electron chi connectivity index (χ2n) is 4.65. The number of benzene rings is 1. The number of nitrogens with one attached hydrogen (secondary N) is 1. The van der Waals surface area contributed by atoms with Crippen molar-refractivity contribution in [2.24, 2.45) is 0 Å². The van der Waals surface area contributed by atoms with Gasteiger partial charge < -0.3 is 10.1 Å². The summed E-state index contributed by atoms with van der Waals surface area (Å²) in [6, 6.07) is 7.74. The van der Waals surface area contributed by atoms with Crippen LogP contribution in [-0.4, -0.2) is 24.3 Å². The molecule has 1 unspecified atom stereocenters. The average Bonchev–Trinajstić information content (AvgIpc) is 2.54. The Bertz CT molecular complexity index is 679. The van der Waals surface area contributed by atoms with Crippen LogP contribution in [0, 0.1) is 5.82 Å². The van der Waals surface area contributed by atoms with Gasteiger partial charge in [-0.3, -0.25) is 4.79 Å². The summed E-state index contributed by atoms with van der Waals surface area (Å²) in [7, 11) is 1.41. The molecule has 0 saturated carbocycles. The number of amides is 1. The van der Waals surface area contributed by atoms with Gasteiger partial charge in [-0.15, -0.1) is 11.8 Å². The molecule has 1 aromatic heterocycles. The van der Waals surface area contributed by atoms with Crippen molar-refractivity contribution in [1.82, 2.24) is 10.3 Å². The number of hydrogen-bond acceptors (Lipinski definition) is 4. The highest BCUT2D eigenvalue weighted by atomic mass is 32.2. The standard InChI is InChI=1S/C16H17FN2O2S/c1-10(11-6-7-14(21-2)13(17)9-11)19-15(20)12-5-4-8-18-16(12)22-3/h4-10H,1-3H3,(H,19,20). The minimum absolute atomic E-state index is 0.180. The van der Waals surface area contributed by atoms with E-state index in [1.54, 1.807) is 37.4 Å². The molecule has 0 bridgehead atoms. The number of carbonyl (C=O) groups excluding carboxylic acids is 1. The average molecular weight is 320 g/mol. The van der Waals surface area contributed by atoms with Gasteiger partial charge in [0.05, 0.1) is 18.7 Å². The van der Waals surface area contributed by atoms with Crippen LogP contribution >= 0.6 is 11.8 Å². The maximum atomic E-state index is 13.7. The first-order valence-corrected chi connectivity index (χ1v) is 7.92. The molecule has 1 atom stereocenters. The molecule has 1 heterocycles. The number of thioether (sulfide) groups is 1. The molecule has 0 aliphatic carbocycles. The molecule has 0 aliphatic rings. The topological polar surface area (TPSA) is 51.2 Å². The molecule has 0 saturated heterocycles. The normalized spacial score (nSPS) is 11.8. The van der Waals surface area contributed by atoms with Crippen molar-refractivity contribution in [2.75, 3.05) is 13.4 Å². The Balaban J connectivity index is 2.16. The molecule has 1 N–H and O–H groups in total. The van der Waals surface area contributed by atoms with Crippen LogP contribution in [0.15, 0.2) is 41.6 Å². The van der Waals surface area contributed by atoms with Crippen molar-refractivity contribution in [2.45, 2.75) is 18.0 Å². The van der Waals surface area contributed by atoms with Crippen LogP contribution in [0.25, 0.3) is 0 Å². The first-order valence-electron chi connectivity index (χ1n) is 6.70. The Kier molecular flexibility index (Phi) is 5.38. The molecular weight excluding hydrogens is 303 g/mol. The number of hydrogen-bond donors (Lipinski definition) is 1. The third kappa shape index (κ3) is 3.57. The number of methoxy groups -OCH3 is 1. The van der Waals surface area contributed by atoms with Crippen LogP contribution in [0.2, 0.25) is 0 Å². The molecule has 0 spiro atoms. The van der Waals surface area contributed by atoms with Crippen molar-refractivity contribution in [3.8, 4) is 5.75 Å². The lowest BCUT2D eigenvalue weighted by Gasteiger charge is -2.16. The Hall–Kier alpha value is -2.08. The Morgan fingerprint density at radius 2 is 2.18 bits per heavy atom. The highest BCUT2D eigenvalue weighted by molar-refractivity contribution is 7.98. The van der Waals surface area contributed by atoms with Gasteiger partial charge in [0.1, 0.15) is 5.03 Å². The van der Waals surface area contributed by atoms with Crippen molar-refractivity contribution >= 4 is 17.7 Å². The zero-order chi connectivity index (χ0) is 16.1. The van der Waals surface area contributed by atoms with Crippen LogP contribution in [0.5, 0.6) is 5.75 Å². The lowest BCUT2D eigenvalue weighted by molar-refractivity contribution is 0.0936. The van der Waals surface area contributed by atoms with E-state index >= 15 is 0 Å². The van der Waals surface area contributed by atoms with E-state index in [9.17, 15) is 9.18 Å². The summed E-state index contributed by atoms with van der Waals surface area (Å²) in [5.41, 5.74) is 1.18. The first kappa shape index (κ1) is 16.3. The minimum Gasteiger partial charge on any atom is -0.494 e. The van der Waals surface area contributed by atoms with Gasteiger partial charge >= 0.3 is 0 Å². The van der Waals surface area contributed by atoms with Crippen molar-refractivity contribution in [3.05, 3.63) is 53.5 Å². The number of halogens is 1. The second-order valence-corrected chi connectivity index (χ2v) is 5.44.